The molecule has 0 aromatic carbocycles. The summed E-state index contributed by atoms with van der Waals surface area (Å²) >= 11 is 0. The van der Waals surface area contributed by atoms with Gasteiger partial charge in [0.05, 0.1) is 6.10 Å². The normalized spacial score (nSPS) is 22.7. The minimum absolute atomic E-state index is 0.375. The lowest BCUT2D eigenvalue weighted by Gasteiger charge is -2.00. The first kappa shape index (κ1) is 9.52. The molecular weight excluding hydrogens is 124 g/mol. The highest BCUT2D eigenvalue weighted by Crippen LogP contribution is 2.13. The highest BCUT2D eigenvalue weighted by atomic mass is 16.5. The molecule has 1 atom stereocenters. The Balaban J connectivity index is 0.000000371. The van der Waals surface area contributed by atoms with E-state index >= 15 is 0 Å². The van der Waals surface area contributed by atoms with Crippen molar-refractivity contribution in [2.24, 2.45) is 0 Å². The van der Waals surface area contributed by atoms with Crippen molar-refractivity contribution in [3.05, 3.63) is 0 Å². The fraction of sp³-hybridized carbons (Fsp3) is 0.778. The number of ether oxygens (including phenoxy) is 1. The standard InChI is InChI=1S/C7H10O.C2H6/c1-2-4-7-5-3-6-8-7;1-2/h1,7H,3-6H2;1-2H3. The van der Waals surface area contributed by atoms with E-state index < -0.39 is 0 Å². The Labute approximate surface area is 63.8 Å². The maximum Gasteiger partial charge on any atom is 0.0685 e. The summed E-state index contributed by atoms with van der Waals surface area (Å²) in [7, 11) is 0. The van der Waals surface area contributed by atoms with Gasteiger partial charge < -0.3 is 4.74 Å². The fourth-order valence-corrected chi connectivity index (χ4v) is 0.937. The van der Waals surface area contributed by atoms with Gasteiger partial charge >= 0.3 is 0 Å². The number of rotatable bonds is 1. The van der Waals surface area contributed by atoms with Crippen LogP contribution >= 0.6 is 0 Å². The van der Waals surface area contributed by atoms with Crippen molar-refractivity contribution in [1.29, 1.82) is 0 Å². The van der Waals surface area contributed by atoms with Crippen molar-refractivity contribution in [1.82, 2.24) is 0 Å². The third-order valence-electron chi connectivity index (χ3n) is 1.37. The van der Waals surface area contributed by atoms with E-state index in [1.807, 2.05) is 13.8 Å². The Morgan fingerprint density at radius 2 is 2.30 bits per heavy atom. The molecular formula is C9H16O. The topological polar surface area (TPSA) is 9.23 Å². The molecule has 1 aliphatic heterocycles. The fourth-order valence-electron chi connectivity index (χ4n) is 0.937. The summed E-state index contributed by atoms with van der Waals surface area (Å²) in [6, 6.07) is 0. The van der Waals surface area contributed by atoms with Crippen molar-refractivity contribution in [2.45, 2.75) is 39.2 Å². The van der Waals surface area contributed by atoms with E-state index in [-0.39, 0.29) is 0 Å². The lowest BCUT2D eigenvalue weighted by molar-refractivity contribution is 0.115. The summed E-state index contributed by atoms with van der Waals surface area (Å²) < 4.78 is 5.25. The average molecular weight is 140 g/mol. The Morgan fingerprint density at radius 3 is 2.70 bits per heavy atom. The van der Waals surface area contributed by atoms with Crippen LogP contribution in [0, 0.1) is 12.3 Å². The van der Waals surface area contributed by atoms with E-state index in [1.54, 1.807) is 0 Å². The second-order valence-electron chi connectivity index (χ2n) is 2.04. The van der Waals surface area contributed by atoms with Gasteiger partial charge in [-0.2, -0.15) is 0 Å². The van der Waals surface area contributed by atoms with Crippen LogP contribution in [0.15, 0.2) is 0 Å². The smallest absolute Gasteiger partial charge is 0.0685 e. The van der Waals surface area contributed by atoms with Gasteiger partial charge in [0.25, 0.3) is 0 Å². The summed E-state index contributed by atoms with van der Waals surface area (Å²) in [5.41, 5.74) is 0. The van der Waals surface area contributed by atoms with Gasteiger partial charge in [0.1, 0.15) is 0 Å². The summed E-state index contributed by atoms with van der Waals surface area (Å²) in [5.74, 6) is 2.58. The summed E-state index contributed by atoms with van der Waals surface area (Å²) in [6.07, 6.45) is 8.59. The Morgan fingerprint density at radius 1 is 1.60 bits per heavy atom. The highest BCUT2D eigenvalue weighted by molar-refractivity contribution is 4.88. The van der Waals surface area contributed by atoms with Gasteiger partial charge in [-0.15, -0.1) is 12.3 Å². The van der Waals surface area contributed by atoms with Gasteiger partial charge in [0.2, 0.25) is 0 Å². The highest BCUT2D eigenvalue weighted by Gasteiger charge is 2.12. The van der Waals surface area contributed by atoms with Gasteiger partial charge in [-0.25, -0.2) is 0 Å². The van der Waals surface area contributed by atoms with Crippen LogP contribution in [0.2, 0.25) is 0 Å². The Hall–Kier alpha value is -0.480. The summed E-state index contributed by atoms with van der Waals surface area (Å²) in [4.78, 5) is 0. The first-order chi connectivity index (χ1) is 4.93. The van der Waals surface area contributed by atoms with E-state index in [9.17, 15) is 0 Å². The molecule has 1 fully saturated rings. The molecule has 58 valence electrons. The average Bonchev–Trinajstić information content (AvgIpc) is 2.46. The number of hydrogen-bond donors (Lipinski definition) is 0. The van der Waals surface area contributed by atoms with Crippen LogP contribution in [-0.4, -0.2) is 12.7 Å². The quantitative estimate of drug-likeness (QED) is 0.507. The maximum atomic E-state index is 5.25. The third kappa shape index (κ3) is 3.53. The van der Waals surface area contributed by atoms with Crippen LogP contribution < -0.4 is 0 Å². The van der Waals surface area contributed by atoms with Crippen molar-refractivity contribution in [3.8, 4) is 12.3 Å². The van der Waals surface area contributed by atoms with Gasteiger partial charge in [0, 0.05) is 13.0 Å². The Kier molecular flexibility index (Phi) is 6.32. The lowest BCUT2D eigenvalue weighted by Crippen LogP contribution is -2.01. The van der Waals surface area contributed by atoms with Crippen LogP contribution in [0.1, 0.15) is 33.1 Å². The molecule has 0 saturated carbocycles. The predicted molar refractivity (Wildman–Crippen MR) is 43.8 cm³/mol. The minimum atomic E-state index is 0.375. The van der Waals surface area contributed by atoms with Crippen molar-refractivity contribution >= 4 is 0 Å². The van der Waals surface area contributed by atoms with Crippen molar-refractivity contribution in [3.63, 3.8) is 0 Å². The van der Waals surface area contributed by atoms with E-state index in [0.717, 1.165) is 19.4 Å². The van der Waals surface area contributed by atoms with Gasteiger partial charge in [-0.3, -0.25) is 0 Å². The zero-order valence-corrected chi connectivity index (χ0v) is 6.89. The molecule has 1 aliphatic rings. The lowest BCUT2D eigenvalue weighted by atomic mass is 10.2. The van der Waals surface area contributed by atoms with Crippen molar-refractivity contribution in [2.75, 3.05) is 6.61 Å². The largest absolute Gasteiger partial charge is 0.377 e. The molecule has 0 aliphatic carbocycles. The molecule has 0 amide bonds. The SMILES string of the molecule is C#CCC1CCCO1.CC. The van der Waals surface area contributed by atoms with Crippen LogP contribution in [0.4, 0.5) is 0 Å². The predicted octanol–water partition coefficient (Wildman–Crippen LogP) is 2.21. The molecule has 0 bridgehead atoms. The van der Waals surface area contributed by atoms with Crippen LogP contribution in [0.3, 0.4) is 0 Å². The first-order valence-electron chi connectivity index (χ1n) is 3.98. The van der Waals surface area contributed by atoms with E-state index in [4.69, 9.17) is 11.2 Å². The molecule has 0 aromatic heterocycles. The monoisotopic (exact) mass is 140 g/mol. The van der Waals surface area contributed by atoms with Gasteiger partial charge in [0.15, 0.2) is 0 Å². The third-order valence-corrected chi connectivity index (χ3v) is 1.37. The zero-order valence-electron chi connectivity index (χ0n) is 6.89. The van der Waals surface area contributed by atoms with Crippen molar-refractivity contribution < 1.29 is 4.74 Å². The van der Waals surface area contributed by atoms with Crippen LogP contribution in [-0.2, 0) is 4.74 Å². The molecule has 0 radical (unpaired) electrons. The van der Waals surface area contributed by atoms with Gasteiger partial charge in [-0.05, 0) is 12.8 Å². The molecule has 1 heterocycles. The Bertz CT molecular complexity index is 95.8. The second-order valence-corrected chi connectivity index (χ2v) is 2.04. The first-order valence-corrected chi connectivity index (χ1v) is 3.98. The van der Waals surface area contributed by atoms with E-state index in [0.29, 0.717) is 6.10 Å². The molecule has 0 N–H and O–H groups in total. The van der Waals surface area contributed by atoms with Gasteiger partial charge in [-0.1, -0.05) is 13.8 Å². The molecule has 1 rings (SSSR count). The molecule has 1 saturated heterocycles. The summed E-state index contributed by atoms with van der Waals surface area (Å²) in [6.45, 7) is 4.91. The molecule has 1 unspecified atom stereocenters. The molecule has 1 nitrogen and oxygen atoms in total. The minimum Gasteiger partial charge on any atom is -0.377 e. The maximum absolute atomic E-state index is 5.25. The molecule has 0 spiro atoms. The molecule has 1 heteroatoms. The van der Waals surface area contributed by atoms with Crippen LogP contribution in [0.5, 0.6) is 0 Å². The van der Waals surface area contributed by atoms with E-state index in [2.05, 4.69) is 5.92 Å². The summed E-state index contributed by atoms with van der Waals surface area (Å²) in [5, 5.41) is 0. The second kappa shape index (κ2) is 6.64. The zero-order chi connectivity index (χ0) is 7.82. The number of hydrogen-bond acceptors (Lipinski definition) is 1. The number of terminal acetylenes is 1. The van der Waals surface area contributed by atoms with Crippen LogP contribution in [0.25, 0.3) is 0 Å². The molecule has 0 aromatic rings. The van der Waals surface area contributed by atoms with E-state index in [1.165, 1.54) is 6.42 Å². The molecule has 10 heavy (non-hydrogen) atoms.